The maximum atomic E-state index is 5.67. The molecule has 1 aliphatic rings. The molecule has 1 fully saturated rings. The molecule has 1 aliphatic heterocycles. The third-order valence-corrected chi connectivity index (χ3v) is 3.02. The van der Waals surface area contributed by atoms with Crippen LogP contribution in [0.2, 0.25) is 0 Å². The lowest BCUT2D eigenvalue weighted by Crippen LogP contribution is -2.22. The van der Waals surface area contributed by atoms with Gasteiger partial charge in [-0.1, -0.05) is 49.8 Å². The second-order valence-electron chi connectivity index (χ2n) is 4.84. The van der Waals surface area contributed by atoms with E-state index in [1.807, 2.05) is 0 Å². The Labute approximate surface area is 118 Å². The van der Waals surface area contributed by atoms with Crippen LogP contribution in [0, 0.1) is 0 Å². The summed E-state index contributed by atoms with van der Waals surface area (Å²) >= 11 is 0. The summed E-state index contributed by atoms with van der Waals surface area (Å²) in [6.45, 7) is 3.85. The van der Waals surface area contributed by atoms with E-state index in [0.717, 1.165) is 38.9 Å². The minimum atomic E-state index is 0.0568. The topological polar surface area (TPSA) is 18.5 Å². The van der Waals surface area contributed by atoms with Crippen molar-refractivity contribution in [2.24, 2.45) is 0 Å². The van der Waals surface area contributed by atoms with Gasteiger partial charge in [-0.2, -0.15) is 0 Å². The van der Waals surface area contributed by atoms with Gasteiger partial charge in [0.1, 0.15) is 0 Å². The molecule has 0 aromatic heterocycles. The number of hydrogen-bond acceptors (Lipinski definition) is 2. The van der Waals surface area contributed by atoms with Gasteiger partial charge in [0.05, 0.1) is 6.61 Å². The van der Waals surface area contributed by atoms with Gasteiger partial charge in [0, 0.05) is 6.61 Å². The Hall–Kier alpha value is -0.860. The molecule has 1 rings (SSSR count). The van der Waals surface area contributed by atoms with E-state index < -0.39 is 0 Å². The summed E-state index contributed by atoms with van der Waals surface area (Å²) in [6, 6.07) is 0. The molecule has 0 bridgehead atoms. The zero-order chi connectivity index (χ0) is 13.6. The van der Waals surface area contributed by atoms with Crippen molar-refractivity contribution in [2.75, 3.05) is 13.2 Å². The molecule has 108 valence electrons. The monoisotopic (exact) mass is 264 g/mol. The highest BCUT2D eigenvalue weighted by Crippen LogP contribution is 2.13. The molecular weight excluding hydrogens is 236 g/mol. The van der Waals surface area contributed by atoms with E-state index in [1.54, 1.807) is 0 Å². The number of allylic oxidation sites excluding steroid dienone is 6. The zero-order valence-electron chi connectivity index (χ0n) is 12.2. The first-order chi connectivity index (χ1) is 9.43. The van der Waals surface area contributed by atoms with Gasteiger partial charge in [-0.3, -0.25) is 0 Å². The molecule has 0 spiro atoms. The number of rotatable bonds is 9. The third-order valence-electron chi connectivity index (χ3n) is 3.02. The first-order valence-corrected chi connectivity index (χ1v) is 7.65. The summed E-state index contributed by atoms with van der Waals surface area (Å²) in [5.74, 6) is 0. The highest BCUT2D eigenvalue weighted by Gasteiger charge is 2.12. The van der Waals surface area contributed by atoms with Crippen LogP contribution in [0.25, 0.3) is 0 Å². The predicted molar refractivity (Wildman–Crippen MR) is 81.1 cm³/mol. The maximum Gasteiger partial charge on any atom is 0.157 e. The predicted octanol–water partition coefficient (Wildman–Crippen LogP) is 4.78. The fourth-order valence-electron chi connectivity index (χ4n) is 1.90. The van der Waals surface area contributed by atoms with Gasteiger partial charge in [-0.05, 0) is 38.5 Å². The van der Waals surface area contributed by atoms with Crippen molar-refractivity contribution in [1.82, 2.24) is 0 Å². The van der Waals surface area contributed by atoms with E-state index in [2.05, 4.69) is 43.4 Å². The Bertz CT molecular complexity index is 273. The summed E-state index contributed by atoms with van der Waals surface area (Å²) in [5.41, 5.74) is 0. The summed E-state index contributed by atoms with van der Waals surface area (Å²) in [6.07, 6.45) is 20.8. The quantitative estimate of drug-likeness (QED) is 0.441. The lowest BCUT2D eigenvalue weighted by molar-refractivity contribution is -0.162. The van der Waals surface area contributed by atoms with Crippen LogP contribution >= 0.6 is 0 Å². The second-order valence-corrected chi connectivity index (χ2v) is 4.84. The van der Waals surface area contributed by atoms with Crippen LogP contribution in [0.4, 0.5) is 0 Å². The Morgan fingerprint density at radius 1 is 1.05 bits per heavy atom. The number of ether oxygens (including phenoxy) is 2. The summed E-state index contributed by atoms with van der Waals surface area (Å²) < 4.78 is 11.2. The van der Waals surface area contributed by atoms with Gasteiger partial charge in [-0.15, -0.1) is 0 Å². The molecule has 2 heteroatoms. The van der Waals surface area contributed by atoms with E-state index in [9.17, 15) is 0 Å². The van der Waals surface area contributed by atoms with Crippen molar-refractivity contribution in [1.29, 1.82) is 0 Å². The molecule has 1 atom stereocenters. The molecule has 19 heavy (non-hydrogen) atoms. The summed E-state index contributed by atoms with van der Waals surface area (Å²) in [4.78, 5) is 0. The van der Waals surface area contributed by atoms with Crippen LogP contribution in [-0.4, -0.2) is 19.5 Å². The molecule has 0 aromatic carbocycles. The average Bonchev–Trinajstić information content (AvgIpc) is 2.46. The van der Waals surface area contributed by atoms with Crippen LogP contribution in [0.1, 0.15) is 51.9 Å². The molecule has 0 saturated carbocycles. The fraction of sp³-hybridized carbons (Fsp3) is 0.647. The van der Waals surface area contributed by atoms with Crippen LogP contribution in [0.15, 0.2) is 36.5 Å². The van der Waals surface area contributed by atoms with Crippen molar-refractivity contribution in [3.8, 4) is 0 Å². The molecule has 0 amide bonds. The lowest BCUT2D eigenvalue weighted by atomic mass is 10.2. The Morgan fingerprint density at radius 2 is 1.84 bits per heavy atom. The molecule has 1 heterocycles. The van der Waals surface area contributed by atoms with E-state index in [-0.39, 0.29) is 6.29 Å². The summed E-state index contributed by atoms with van der Waals surface area (Å²) in [7, 11) is 0. The minimum absolute atomic E-state index is 0.0568. The van der Waals surface area contributed by atoms with Gasteiger partial charge < -0.3 is 9.47 Å². The van der Waals surface area contributed by atoms with Crippen molar-refractivity contribution in [2.45, 2.75) is 58.2 Å². The Kier molecular flexibility index (Phi) is 10.4. The standard InChI is InChI=1S/C17H28O2/c1-2-3-4-5-6-7-8-9-10-12-15-18-17-14-11-13-16-19-17/h4-9,17H,2-3,10-16H2,1H3/b5-4+,7-6+,9-8+. The molecule has 0 N–H and O–H groups in total. The van der Waals surface area contributed by atoms with Crippen molar-refractivity contribution in [3.63, 3.8) is 0 Å². The van der Waals surface area contributed by atoms with Gasteiger partial charge >= 0.3 is 0 Å². The third kappa shape index (κ3) is 9.69. The molecule has 0 aromatic rings. The lowest BCUT2D eigenvalue weighted by Gasteiger charge is -2.22. The first kappa shape index (κ1) is 16.2. The largest absolute Gasteiger partial charge is 0.353 e. The van der Waals surface area contributed by atoms with E-state index >= 15 is 0 Å². The second kappa shape index (κ2) is 12.2. The van der Waals surface area contributed by atoms with Gasteiger partial charge in [-0.25, -0.2) is 0 Å². The Balaban J connectivity index is 1.92. The van der Waals surface area contributed by atoms with E-state index in [1.165, 1.54) is 19.3 Å². The van der Waals surface area contributed by atoms with Crippen molar-refractivity contribution >= 4 is 0 Å². The summed E-state index contributed by atoms with van der Waals surface area (Å²) in [5, 5.41) is 0. The fourth-order valence-corrected chi connectivity index (χ4v) is 1.90. The van der Waals surface area contributed by atoms with Crippen LogP contribution < -0.4 is 0 Å². The molecule has 2 nitrogen and oxygen atoms in total. The maximum absolute atomic E-state index is 5.67. The van der Waals surface area contributed by atoms with Crippen LogP contribution in [0.3, 0.4) is 0 Å². The van der Waals surface area contributed by atoms with Gasteiger partial charge in [0.2, 0.25) is 0 Å². The van der Waals surface area contributed by atoms with Crippen molar-refractivity contribution < 1.29 is 9.47 Å². The number of unbranched alkanes of at least 4 members (excludes halogenated alkanes) is 2. The SMILES string of the molecule is CCC/C=C/C=C/C=C/CCCOC1CCCCO1. The van der Waals surface area contributed by atoms with Gasteiger partial charge in [0.25, 0.3) is 0 Å². The van der Waals surface area contributed by atoms with Crippen LogP contribution in [-0.2, 0) is 9.47 Å². The Morgan fingerprint density at radius 3 is 2.53 bits per heavy atom. The molecule has 0 radical (unpaired) electrons. The average molecular weight is 264 g/mol. The minimum Gasteiger partial charge on any atom is -0.353 e. The zero-order valence-corrected chi connectivity index (χ0v) is 12.2. The molecule has 0 aliphatic carbocycles. The molecule has 1 unspecified atom stereocenters. The highest BCUT2D eigenvalue weighted by molar-refractivity contribution is 5.10. The highest BCUT2D eigenvalue weighted by atomic mass is 16.7. The van der Waals surface area contributed by atoms with E-state index in [4.69, 9.17) is 9.47 Å². The smallest absolute Gasteiger partial charge is 0.157 e. The number of hydrogen-bond donors (Lipinski definition) is 0. The van der Waals surface area contributed by atoms with E-state index in [0.29, 0.717) is 0 Å². The van der Waals surface area contributed by atoms with Gasteiger partial charge in [0.15, 0.2) is 6.29 Å². The van der Waals surface area contributed by atoms with Crippen LogP contribution in [0.5, 0.6) is 0 Å². The normalized spacial score (nSPS) is 21.0. The van der Waals surface area contributed by atoms with Crippen molar-refractivity contribution in [3.05, 3.63) is 36.5 Å². The molecular formula is C17H28O2. The first-order valence-electron chi connectivity index (χ1n) is 7.65. The molecule has 1 saturated heterocycles.